The first kappa shape index (κ1) is 13.7. The molecule has 1 aliphatic carbocycles. The molecule has 3 nitrogen and oxygen atoms in total. The molecular weight excluding hydrogens is 267 g/mol. The lowest BCUT2D eigenvalue weighted by atomic mass is 9.64. The molecule has 3 rings (SSSR count). The molecule has 0 saturated heterocycles. The zero-order valence-corrected chi connectivity index (χ0v) is 11.7. The van der Waals surface area contributed by atoms with Crippen molar-refractivity contribution in [3.8, 4) is 0 Å². The van der Waals surface area contributed by atoms with Gasteiger partial charge < -0.3 is 5.32 Å². The zero-order chi connectivity index (χ0) is 14.7. The standard InChI is InChI=1S/C17H17FN2O/c18-15-4-1-3-14(11-15)17(7-2-8-17)16(21)20-12-13-5-9-19-10-6-13/h1,3-6,9-11H,2,7-8,12H2,(H,20,21). The number of aromatic nitrogens is 1. The van der Waals surface area contributed by atoms with Gasteiger partial charge in [-0.3, -0.25) is 9.78 Å². The lowest BCUT2D eigenvalue weighted by molar-refractivity contribution is -0.130. The number of carbonyl (C=O) groups is 1. The van der Waals surface area contributed by atoms with E-state index in [0.717, 1.165) is 30.4 Å². The van der Waals surface area contributed by atoms with E-state index in [9.17, 15) is 9.18 Å². The van der Waals surface area contributed by atoms with Crippen LogP contribution in [0.4, 0.5) is 4.39 Å². The third kappa shape index (κ3) is 2.66. The average molecular weight is 284 g/mol. The second-order valence-corrected chi connectivity index (χ2v) is 5.48. The number of nitrogens with zero attached hydrogens (tertiary/aromatic N) is 1. The smallest absolute Gasteiger partial charge is 0.230 e. The molecule has 4 heteroatoms. The van der Waals surface area contributed by atoms with Gasteiger partial charge in [0.15, 0.2) is 0 Å². The molecule has 1 aliphatic rings. The third-order valence-corrected chi connectivity index (χ3v) is 4.22. The van der Waals surface area contributed by atoms with Crippen molar-refractivity contribution in [2.24, 2.45) is 0 Å². The zero-order valence-electron chi connectivity index (χ0n) is 11.7. The number of benzene rings is 1. The van der Waals surface area contributed by atoms with Crippen LogP contribution in [0.3, 0.4) is 0 Å². The fraction of sp³-hybridized carbons (Fsp3) is 0.294. The number of hydrogen-bond acceptors (Lipinski definition) is 2. The van der Waals surface area contributed by atoms with Crippen LogP contribution in [-0.4, -0.2) is 10.9 Å². The largest absolute Gasteiger partial charge is 0.351 e. The summed E-state index contributed by atoms with van der Waals surface area (Å²) in [6.07, 6.45) is 5.96. The Morgan fingerprint density at radius 1 is 1.24 bits per heavy atom. The van der Waals surface area contributed by atoms with Crippen molar-refractivity contribution in [3.63, 3.8) is 0 Å². The summed E-state index contributed by atoms with van der Waals surface area (Å²) in [5.74, 6) is -0.308. The molecule has 1 heterocycles. The highest BCUT2D eigenvalue weighted by molar-refractivity contribution is 5.89. The summed E-state index contributed by atoms with van der Waals surface area (Å²) in [6, 6.07) is 10.1. The molecule has 2 aromatic rings. The Labute approximate surface area is 123 Å². The van der Waals surface area contributed by atoms with Crippen molar-refractivity contribution in [1.82, 2.24) is 10.3 Å². The molecule has 0 unspecified atom stereocenters. The van der Waals surface area contributed by atoms with Crippen molar-refractivity contribution in [3.05, 3.63) is 65.7 Å². The number of carbonyl (C=O) groups excluding carboxylic acids is 1. The summed E-state index contributed by atoms with van der Waals surface area (Å²) in [6.45, 7) is 0.471. The van der Waals surface area contributed by atoms with Crippen molar-refractivity contribution in [1.29, 1.82) is 0 Å². The monoisotopic (exact) mass is 284 g/mol. The van der Waals surface area contributed by atoms with Gasteiger partial charge in [0, 0.05) is 18.9 Å². The lowest BCUT2D eigenvalue weighted by Crippen LogP contribution is -2.49. The van der Waals surface area contributed by atoms with E-state index in [2.05, 4.69) is 10.3 Å². The molecule has 0 atom stereocenters. The number of pyridine rings is 1. The lowest BCUT2D eigenvalue weighted by Gasteiger charge is -2.40. The summed E-state index contributed by atoms with van der Waals surface area (Å²) in [5.41, 5.74) is 1.22. The molecule has 0 bridgehead atoms. The summed E-state index contributed by atoms with van der Waals surface area (Å²) in [4.78, 5) is 16.5. The van der Waals surface area contributed by atoms with E-state index in [1.807, 2.05) is 18.2 Å². The van der Waals surface area contributed by atoms with Crippen molar-refractivity contribution < 1.29 is 9.18 Å². The van der Waals surface area contributed by atoms with Gasteiger partial charge in [-0.2, -0.15) is 0 Å². The van der Waals surface area contributed by atoms with Crippen LogP contribution in [0, 0.1) is 5.82 Å². The van der Waals surface area contributed by atoms with E-state index < -0.39 is 5.41 Å². The Morgan fingerprint density at radius 3 is 2.62 bits per heavy atom. The van der Waals surface area contributed by atoms with Gasteiger partial charge in [0.2, 0.25) is 5.91 Å². The van der Waals surface area contributed by atoms with Gasteiger partial charge in [-0.05, 0) is 48.2 Å². The number of hydrogen-bond donors (Lipinski definition) is 1. The Balaban J connectivity index is 1.75. The molecular formula is C17H17FN2O. The van der Waals surface area contributed by atoms with Gasteiger partial charge in [-0.25, -0.2) is 4.39 Å². The average Bonchev–Trinajstić information content (AvgIpc) is 2.45. The molecule has 108 valence electrons. The Morgan fingerprint density at radius 2 is 2.00 bits per heavy atom. The van der Waals surface area contributed by atoms with Gasteiger partial charge >= 0.3 is 0 Å². The summed E-state index contributed by atoms with van der Waals surface area (Å²) < 4.78 is 13.4. The molecule has 0 radical (unpaired) electrons. The minimum atomic E-state index is -0.560. The molecule has 0 spiro atoms. The van der Waals surface area contributed by atoms with Gasteiger partial charge in [0.25, 0.3) is 0 Å². The SMILES string of the molecule is O=C(NCc1ccncc1)C1(c2cccc(F)c2)CCC1. The first-order valence-electron chi connectivity index (χ1n) is 7.14. The van der Waals surface area contributed by atoms with Crippen molar-refractivity contribution in [2.45, 2.75) is 31.2 Å². The third-order valence-electron chi connectivity index (χ3n) is 4.22. The fourth-order valence-electron chi connectivity index (χ4n) is 2.82. The predicted octanol–water partition coefficient (Wildman–Crippen LogP) is 2.96. The molecule has 1 aromatic heterocycles. The predicted molar refractivity (Wildman–Crippen MR) is 78.0 cm³/mol. The molecule has 21 heavy (non-hydrogen) atoms. The normalized spacial score (nSPS) is 16.0. The topological polar surface area (TPSA) is 42.0 Å². The van der Waals surface area contributed by atoms with Crippen LogP contribution in [0.15, 0.2) is 48.8 Å². The molecule has 1 saturated carbocycles. The van der Waals surface area contributed by atoms with Gasteiger partial charge in [-0.15, -0.1) is 0 Å². The fourth-order valence-corrected chi connectivity index (χ4v) is 2.82. The number of amides is 1. The summed E-state index contributed by atoms with van der Waals surface area (Å²) in [7, 11) is 0. The van der Waals surface area contributed by atoms with E-state index in [4.69, 9.17) is 0 Å². The molecule has 1 N–H and O–H groups in total. The van der Waals surface area contributed by atoms with E-state index >= 15 is 0 Å². The maximum atomic E-state index is 13.4. The first-order valence-corrected chi connectivity index (χ1v) is 7.14. The second kappa shape index (κ2) is 5.64. The molecule has 1 aromatic carbocycles. The van der Waals surface area contributed by atoms with E-state index in [1.54, 1.807) is 18.5 Å². The Hall–Kier alpha value is -2.23. The molecule has 0 aliphatic heterocycles. The van der Waals surface area contributed by atoms with Gasteiger partial charge in [0.05, 0.1) is 5.41 Å². The number of rotatable bonds is 4. The highest BCUT2D eigenvalue weighted by Gasteiger charge is 2.45. The van der Waals surface area contributed by atoms with Gasteiger partial charge in [0.1, 0.15) is 5.82 Å². The second-order valence-electron chi connectivity index (χ2n) is 5.48. The van der Waals surface area contributed by atoms with Crippen LogP contribution in [-0.2, 0) is 16.8 Å². The molecule has 1 amide bonds. The molecule has 1 fully saturated rings. The maximum absolute atomic E-state index is 13.4. The quantitative estimate of drug-likeness (QED) is 0.938. The van der Waals surface area contributed by atoms with Crippen LogP contribution in [0.2, 0.25) is 0 Å². The van der Waals surface area contributed by atoms with Crippen LogP contribution in [0.25, 0.3) is 0 Å². The number of nitrogens with one attached hydrogen (secondary N) is 1. The Kier molecular flexibility index (Phi) is 3.69. The van der Waals surface area contributed by atoms with Crippen molar-refractivity contribution >= 4 is 5.91 Å². The van der Waals surface area contributed by atoms with Crippen LogP contribution in [0.1, 0.15) is 30.4 Å². The Bertz CT molecular complexity index is 638. The van der Waals surface area contributed by atoms with Crippen LogP contribution >= 0.6 is 0 Å². The first-order chi connectivity index (χ1) is 10.2. The van der Waals surface area contributed by atoms with Gasteiger partial charge in [-0.1, -0.05) is 18.6 Å². The van der Waals surface area contributed by atoms with E-state index in [0.29, 0.717) is 6.54 Å². The summed E-state index contributed by atoms with van der Waals surface area (Å²) >= 11 is 0. The van der Waals surface area contributed by atoms with E-state index in [-0.39, 0.29) is 11.7 Å². The minimum absolute atomic E-state index is 0.0174. The van der Waals surface area contributed by atoms with Crippen LogP contribution in [0.5, 0.6) is 0 Å². The van der Waals surface area contributed by atoms with Crippen LogP contribution < -0.4 is 5.32 Å². The highest BCUT2D eigenvalue weighted by Crippen LogP contribution is 2.44. The maximum Gasteiger partial charge on any atom is 0.230 e. The van der Waals surface area contributed by atoms with E-state index in [1.165, 1.54) is 12.1 Å². The minimum Gasteiger partial charge on any atom is -0.351 e. The number of halogens is 1. The highest BCUT2D eigenvalue weighted by atomic mass is 19.1. The summed E-state index contributed by atoms with van der Waals surface area (Å²) in [5, 5.41) is 2.97. The van der Waals surface area contributed by atoms with Crippen molar-refractivity contribution in [2.75, 3.05) is 0 Å².